The third kappa shape index (κ3) is 2.76. The molecule has 1 saturated heterocycles. The number of benzene rings is 2. The summed E-state index contributed by atoms with van der Waals surface area (Å²) in [7, 11) is 1.61. The number of hydrogen-bond acceptors (Lipinski definition) is 4. The summed E-state index contributed by atoms with van der Waals surface area (Å²) in [5.74, 6) is -1.33. The first-order valence-electron chi connectivity index (χ1n) is 8.70. The summed E-state index contributed by atoms with van der Waals surface area (Å²) >= 11 is 0. The average Bonchev–Trinajstić information content (AvgIpc) is 2.95. The maximum Gasteiger partial charge on any atom is 0.254 e. The zero-order valence-corrected chi connectivity index (χ0v) is 15.1. The van der Waals surface area contributed by atoms with Gasteiger partial charge >= 0.3 is 0 Å². The number of pyridine rings is 1. The van der Waals surface area contributed by atoms with E-state index in [1.54, 1.807) is 55.8 Å². The summed E-state index contributed by atoms with van der Waals surface area (Å²) in [5, 5.41) is 3.16. The molecule has 3 N–H and O–H groups in total. The fourth-order valence-electron chi connectivity index (χ4n) is 3.59. The van der Waals surface area contributed by atoms with E-state index in [9.17, 15) is 13.6 Å². The number of hydrogen-bond donors (Lipinski definition) is 2. The van der Waals surface area contributed by atoms with E-state index in [1.165, 1.54) is 4.90 Å². The lowest BCUT2D eigenvalue weighted by Crippen LogP contribution is -2.48. The van der Waals surface area contributed by atoms with Gasteiger partial charge in [-0.3, -0.25) is 20.8 Å². The number of halogens is 2. The van der Waals surface area contributed by atoms with Gasteiger partial charge in [-0.1, -0.05) is 18.2 Å². The normalized spacial score (nSPS) is 21.9. The summed E-state index contributed by atoms with van der Waals surface area (Å²) in [4.78, 5) is 18.7. The van der Waals surface area contributed by atoms with Crippen molar-refractivity contribution in [3.8, 4) is 11.1 Å². The van der Waals surface area contributed by atoms with E-state index in [2.05, 4.69) is 10.3 Å². The van der Waals surface area contributed by atoms with Crippen molar-refractivity contribution in [2.75, 3.05) is 7.05 Å². The molecule has 0 bridgehead atoms. The number of aromatic nitrogens is 1. The van der Waals surface area contributed by atoms with E-state index < -0.39 is 23.5 Å². The van der Waals surface area contributed by atoms with E-state index in [0.29, 0.717) is 16.7 Å². The van der Waals surface area contributed by atoms with E-state index in [0.717, 1.165) is 18.2 Å². The van der Waals surface area contributed by atoms with E-state index >= 15 is 0 Å². The zero-order chi connectivity index (χ0) is 19.9. The molecule has 5 nitrogen and oxygen atoms in total. The topological polar surface area (TPSA) is 71.2 Å². The standard InChI is InChI=1S/C21H18F2N4O/c1-27-19(28)21(26-20(27)24,14-7-9-25-10-8-14)15-4-2-3-13(11-15)17-12-16(22)5-6-18(17)23/h2-12,20,26H,24H2,1H3/t20?,21-/m1/s1. The second-order valence-electron chi connectivity index (χ2n) is 6.70. The second kappa shape index (κ2) is 6.78. The second-order valence-corrected chi connectivity index (χ2v) is 6.70. The van der Waals surface area contributed by atoms with Crippen LogP contribution in [0.1, 0.15) is 11.1 Å². The minimum absolute atomic E-state index is 0.120. The van der Waals surface area contributed by atoms with Crippen LogP contribution in [0.3, 0.4) is 0 Å². The lowest BCUT2D eigenvalue weighted by molar-refractivity contribution is -0.131. The Morgan fingerprint density at radius 3 is 2.50 bits per heavy atom. The molecule has 28 heavy (non-hydrogen) atoms. The highest BCUT2D eigenvalue weighted by Crippen LogP contribution is 2.37. The summed E-state index contributed by atoms with van der Waals surface area (Å²) in [6, 6.07) is 13.6. The molecule has 0 spiro atoms. The highest BCUT2D eigenvalue weighted by molar-refractivity contribution is 5.94. The first-order valence-corrected chi connectivity index (χ1v) is 8.70. The Hall–Kier alpha value is -3.16. The maximum absolute atomic E-state index is 14.3. The van der Waals surface area contributed by atoms with Crippen LogP contribution in [0, 0.1) is 11.6 Å². The molecule has 142 valence electrons. The van der Waals surface area contributed by atoms with Crippen LogP contribution in [-0.4, -0.2) is 29.1 Å². The Bertz CT molecular complexity index is 1040. The Labute approximate surface area is 160 Å². The number of nitrogens with one attached hydrogen (secondary N) is 1. The minimum atomic E-state index is -1.25. The van der Waals surface area contributed by atoms with E-state index in [1.807, 2.05) is 0 Å². The van der Waals surface area contributed by atoms with Gasteiger partial charge in [0, 0.05) is 25.0 Å². The first-order chi connectivity index (χ1) is 13.4. The molecule has 1 unspecified atom stereocenters. The van der Waals surface area contributed by atoms with Crippen LogP contribution in [0.25, 0.3) is 11.1 Å². The molecular formula is C21H18F2N4O. The van der Waals surface area contributed by atoms with Crippen molar-refractivity contribution in [1.82, 2.24) is 15.2 Å². The summed E-state index contributed by atoms with van der Waals surface area (Å²) < 4.78 is 28.0. The van der Waals surface area contributed by atoms with Crippen molar-refractivity contribution in [3.05, 3.63) is 89.8 Å². The molecule has 1 aromatic heterocycles. The Morgan fingerprint density at radius 1 is 1.07 bits per heavy atom. The van der Waals surface area contributed by atoms with Crippen LogP contribution >= 0.6 is 0 Å². The number of amides is 1. The number of nitrogens with two attached hydrogens (primary N) is 1. The molecule has 2 atom stereocenters. The van der Waals surface area contributed by atoms with Gasteiger partial charge in [-0.25, -0.2) is 8.78 Å². The molecule has 4 rings (SSSR count). The largest absolute Gasteiger partial charge is 0.315 e. The van der Waals surface area contributed by atoms with Gasteiger partial charge < -0.3 is 4.90 Å². The molecule has 2 aromatic carbocycles. The van der Waals surface area contributed by atoms with Gasteiger partial charge in [0.15, 0.2) is 5.54 Å². The molecule has 1 aliphatic rings. The van der Waals surface area contributed by atoms with Crippen molar-refractivity contribution < 1.29 is 13.6 Å². The molecule has 7 heteroatoms. The summed E-state index contributed by atoms with van der Waals surface area (Å²) in [6.45, 7) is 0. The minimum Gasteiger partial charge on any atom is -0.315 e. The monoisotopic (exact) mass is 380 g/mol. The molecule has 1 amide bonds. The fourth-order valence-corrected chi connectivity index (χ4v) is 3.59. The van der Waals surface area contributed by atoms with Crippen LogP contribution in [0.15, 0.2) is 67.0 Å². The fraction of sp³-hybridized carbons (Fsp3) is 0.143. The van der Waals surface area contributed by atoms with Crippen LogP contribution in [-0.2, 0) is 10.3 Å². The number of rotatable bonds is 3. The lowest BCUT2D eigenvalue weighted by Gasteiger charge is -2.28. The molecule has 0 aliphatic carbocycles. The smallest absolute Gasteiger partial charge is 0.254 e. The number of likely N-dealkylation sites (N-methyl/N-ethyl adjacent to an activating group) is 1. The molecule has 0 radical (unpaired) electrons. The van der Waals surface area contributed by atoms with Crippen LogP contribution in [0.5, 0.6) is 0 Å². The highest BCUT2D eigenvalue weighted by atomic mass is 19.1. The average molecular weight is 380 g/mol. The van der Waals surface area contributed by atoms with Crippen LogP contribution < -0.4 is 11.1 Å². The van der Waals surface area contributed by atoms with Crippen molar-refractivity contribution in [2.24, 2.45) is 5.73 Å². The van der Waals surface area contributed by atoms with Gasteiger partial charge in [0.2, 0.25) is 0 Å². The maximum atomic E-state index is 14.3. The predicted molar refractivity (Wildman–Crippen MR) is 101 cm³/mol. The van der Waals surface area contributed by atoms with Gasteiger partial charge in [0.25, 0.3) is 5.91 Å². The van der Waals surface area contributed by atoms with E-state index in [-0.39, 0.29) is 11.5 Å². The zero-order valence-electron chi connectivity index (χ0n) is 15.1. The predicted octanol–water partition coefficient (Wildman–Crippen LogP) is 2.57. The van der Waals surface area contributed by atoms with Gasteiger partial charge in [0.05, 0.1) is 0 Å². The first kappa shape index (κ1) is 18.2. The SMILES string of the molecule is CN1C(=O)[C@@](c2ccncc2)(c2cccc(-c3cc(F)ccc3F)c2)NC1N. The van der Waals surface area contributed by atoms with Crippen molar-refractivity contribution in [3.63, 3.8) is 0 Å². The van der Waals surface area contributed by atoms with Gasteiger partial charge in [-0.15, -0.1) is 0 Å². The highest BCUT2D eigenvalue weighted by Gasteiger charge is 2.51. The molecule has 2 heterocycles. The molecule has 0 saturated carbocycles. The van der Waals surface area contributed by atoms with Gasteiger partial charge in [0.1, 0.15) is 17.9 Å². The molecule has 1 fully saturated rings. The number of carbonyl (C=O) groups excluding carboxylic acids is 1. The third-order valence-electron chi connectivity index (χ3n) is 5.07. The molecule has 1 aliphatic heterocycles. The summed E-state index contributed by atoms with van der Waals surface area (Å²) in [5.41, 5.74) is 6.64. The van der Waals surface area contributed by atoms with E-state index in [4.69, 9.17) is 5.73 Å². The van der Waals surface area contributed by atoms with Crippen LogP contribution in [0.2, 0.25) is 0 Å². The Balaban J connectivity index is 1.92. The van der Waals surface area contributed by atoms with Crippen molar-refractivity contribution >= 4 is 5.91 Å². The van der Waals surface area contributed by atoms with Gasteiger partial charge in [-0.2, -0.15) is 0 Å². The quantitative estimate of drug-likeness (QED) is 0.733. The molecule has 3 aromatic rings. The van der Waals surface area contributed by atoms with Gasteiger partial charge in [-0.05, 0) is 53.1 Å². The van der Waals surface area contributed by atoms with Crippen molar-refractivity contribution in [1.29, 1.82) is 0 Å². The Kier molecular flexibility index (Phi) is 4.41. The summed E-state index contributed by atoms with van der Waals surface area (Å²) in [6.07, 6.45) is 2.48. The van der Waals surface area contributed by atoms with Crippen LogP contribution in [0.4, 0.5) is 8.78 Å². The van der Waals surface area contributed by atoms with Crippen molar-refractivity contribution in [2.45, 2.75) is 11.8 Å². The third-order valence-corrected chi connectivity index (χ3v) is 5.07. The number of carbonyl (C=O) groups is 1. The Morgan fingerprint density at radius 2 is 1.82 bits per heavy atom. The molecular weight excluding hydrogens is 362 g/mol. The lowest BCUT2D eigenvalue weighted by atomic mass is 9.82. The number of nitrogens with zero attached hydrogens (tertiary/aromatic N) is 2.